The zero-order chi connectivity index (χ0) is 8.27. The maximum absolute atomic E-state index is 4.00. The molecule has 0 aliphatic rings. The van der Waals surface area contributed by atoms with Crippen LogP contribution in [0.4, 0.5) is 0 Å². The van der Waals surface area contributed by atoms with Gasteiger partial charge in [-0.25, -0.2) is 0 Å². The Labute approximate surface area is 66.6 Å². The van der Waals surface area contributed by atoms with Gasteiger partial charge in [0.05, 0.1) is 6.54 Å². The van der Waals surface area contributed by atoms with Crippen LogP contribution in [-0.4, -0.2) is 21.3 Å². The molecule has 62 valence electrons. The summed E-state index contributed by atoms with van der Waals surface area (Å²) in [5.41, 5.74) is 0. The summed E-state index contributed by atoms with van der Waals surface area (Å²) in [6.45, 7) is 5.78. The molecule has 1 N–H and O–H groups in total. The van der Waals surface area contributed by atoms with Crippen molar-refractivity contribution in [3.63, 3.8) is 0 Å². The van der Waals surface area contributed by atoms with Crippen LogP contribution in [0.15, 0.2) is 0 Å². The van der Waals surface area contributed by atoms with E-state index in [1.54, 1.807) is 0 Å². The standard InChI is InChI=1S/C7H14N4/c1-4-8-5-7-10-9-6(2)11(7)3/h8H,4-5H2,1-3H3. The molecule has 0 aliphatic heterocycles. The highest BCUT2D eigenvalue weighted by Crippen LogP contribution is 1.95. The van der Waals surface area contributed by atoms with Crippen molar-refractivity contribution in [2.45, 2.75) is 20.4 Å². The number of aromatic nitrogens is 3. The van der Waals surface area contributed by atoms with Gasteiger partial charge in [0.1, 0.15) is 11.6 Å². The van der Waals surface area contributed by atoms with Crippen LogP contribution < -0.4 is 5.32 Å². The SMILES string of the molecule is CCNCc1nnc(C)n1C. The van der Waals surface area contributed by atoms with Crippen LogP contribution in [0, 0.1) is 6.92 Å². The van der Waals surface area contributed by atoms with Crippen molar-refractivity contribution in [3.8, 4) is 0 Å². The topological polar surface area (TPSA) is 42.7 Å². The van der Waals surface area contributed by atoms with E-state index >= 15 is 0 Å². The Bertz CT molecular complexity index is 228. The number of nitrogens with zero attached hydrogens (tertiary/aromatic N) is 3. The van der Waals surface area contributed by atoms with Crippen LogP contribution in [-0.2, 0) is 13.6 Å². The Balaban J connectivity index is 2.63. The monoisotopic (exact) mass is 154 g/mol. The predicted octanol–water partition coefficient (Wildman–Crippen LogP) is 0.233. The third kappa shape index (κ3) is 1.77. The molecule has 4 nitrogen and oxygen atoms in total. The van der Waals surface area contributed by atoms with Crippen molar-refractivity contribution in [2.75, 3.05) is 6.54 Å². The van der Waals surface area contributed by atoms with Crippen molar-refractivity contribution in [2.24, 2.45) is 7.05 Å². The first kappa shape index (κ1) is 8.20. The quantitative estimate of drug-likeness (QED) is 0.678. The summed E-state index contributed by atoms with van der Waals surface area (Å²) in [5.74, 6) is 1.95. The van der Waals surface area contributed by atoms with Gasteiger partial charge in [0.15, 0.2) is 0 Å². The van der Waals surface area contributed by atoms with E-state index in [1.807, 2.05) is 18.5 Å². The lowest BCUT2D eigenvalue weighted by molar-refractivity contribution is 0.656. The van der Waals surface area contributed by atoms with Crippen molar-refractivity contribution >= 4 is 0 Å². The van der Waals surface area contributed by atoms with Crippen LogP contribution in [0.3, 0.4) is 0 Å². The minimum Gasteiger partial charge on any atom is -0.317 e. The van der Waals surface area contributed by atoms with Crippen LogP contribution >= 0.6 is 0 Å². The van der Waals surface area contributed by atoms with Gasteiger partial charge in [0, 0.05) is 7.05 Å². The smallest absolute Gasteiger partial charge is 0.146 e. The lowest BCUT2D eigenvalue weighted by Gasteiger charge is -2.00. The van der Waals surface area contributed by atoms with Crippen LogP contribution in [0.2, 0.25) is 0 Å². The predicted molar refractivity (Wildman–Crippen MR) is 43.1 cm³/mol. The number of aryl methyl sites for hydroxylation is 1. The Morgan fingerprint density at radius 3 is 2.64 bits per heavy atom. The first-order valence-electron chi connectivity index (χ1n) is 3.81. The zero-order valence-electron chi connectivity index (χ0n) is 7.26. The fraction of sp³-hybridized carbons (Fsp3) is 0.714. The molecule has 0 fully saturated rings. The molecular weight excluding hydrogens is 140 g/mol. The first-order chi connectivity index (χ1) is 5.25. The third-order valence-corrected chi connectivity index (χ3v) is 1.72. The van der Waals surface area contributed by atoms with Crippen molar-refractivity contribution in [3.05, 3.63) is 11.6 Å². The highest BCUT2D eigenvalue weighted by atomic mass is 15.3. The molecule has 0 saturated carbocycles. The Morgan fingerprint density at radius 2 is 2.18 bits per heavy atom. The average molecular weight is 154 g/mol. The maximum atomic E-state index is 4.00. The molecule has 0 atom stereocenters. The van der Waals surface area contributed by atoms with E-state index in [0.717, 1.165) is 24.7 Å². The second-order valence-corrected chi connectivity index (χ2v) is 2.50. The molecule has 0 saturated heterocycles. The van der Waals surface area contributed by atoms with Gasteiger partial charge in [-0.3, -0.25) is 0 Å². The zero-order valence-corrected chi connectivity index (χ0v) is 7.26. The maximum Gasteiger partial charge on any atom is 0.146 e. The Kier molecular flexibility index (Phi) is 2.59. The van der Waals surface area contributed by atoms with Crippen LogP contribution in [0.25, 0.3) is 0 Å². The highest BCUT2D eigenvalue weighted by Gasteiger charge is 2.01. The Morgan fingerprint density at radius 1 is 1.45 bits per heavy atom. The molecule has 0 aromatic carbocycles. The van der Waals surface area contributed by atoms with Gasteiger partial charge < -0.3 is 9.88 Å². The van der Waals surface area contributed by atoms with Gasteiger partial charge in [-0.15, -0.1) is 10.2 Å². The summed E-state index contributed by atoms with van der Waals surface area (Å²) in [5, 5.41) is 11.1. The molecule has 4 heteroatoms. The molecule has 11 heavy (non-hydrogen) atoms. The molecule has 0 bridgehead atoms. The van der Waals surface area contributed by atoms with Crippen molar-refractivity contribution in [1.82, 2.24) is 20.1 Å². The normalized spacial score (nSPS) is 10.5. The third-order valence-electron chi connectivity index (χ3n) is 1.72. The minimum absolute atomic E-state index is 0.799. The summed E-state index contributed by atoms with van der Waals surface area (Å²) in [7, 11) is 1.97. The van der Waals surface area contributed by atoms with Gasteiger partial charge in [-0.1, -0.05) is 6.92 Å². The molecule has 0 aliphatic carbocycles. The molecule has 0 unspecified atom stereocenters. The summed E-state index contributed by atoms with van der Waals surface area (Å²) >= 11 is 0. The number of hydrogen-bond donors (Lipinski definition) is 1. The van der Waals surface area contributed by atoms with Gasteiger partial charge >= 0.3 is 0 Å². The molecular formula is C7H14N4. The van der Waals surface area contributed by atoms with Crippen molar-refractivity contribution < 1.29 is 0 Å². The van der Waals surface area contributed by atoms with Crippen LogP contribution in [0.1, 0.15) is 18.6 Å². The van der Waals surface area contributed by atoms with E-state index in [9.17, 15) is 0 Å². The van der Waals surface area contributed by atoms with E-state index in [4.69, 9.17) is 0 Å². The van der Waals surface area contributed by atoms with E-state index in [-0.39, 0.29) is 0 Å². The van der Waals surface area contributed by atoms with Gasteiger partial charge in [0.25, 0.3) is 0 Å². The molecule has 1 aromatic rings. The van der Waals surface area contributed by atoms with E-state index in [0.29, 0.717) is 0 Å². The molecule has 1 rings (SSSR count). The van der Waals surface area contributed by atoms with E-state index < -0.39 is 0 Å². The summed E-state index contributed by atoms with van der Waals surface area (Å²) < 4.78 is 1.99. The lowest BCUT2D eigenvalue weighted by atomic mass is 10.5. The minimum atomic E-state index is 0.799. The number of hydrogen-bond acceptors (Lipinski definition) is 3. The molecule has 0 amide bonds. The highest BCUT2D eigenvalue weighted by molar-refractivity contribution is 4.91. The largest absolute Gasteiger partial charge is 0.317 e. The van der Waals surface area contributed by atoms with Crippen LogP contribution in [0.5, 0.6) is 0 Å². The van der Waals surface area contributed by atoms with Crippen molar-refractivity contribution in [1.29, 1.82) is 0 Å². The average Bonchev–Trinajstić information content (AvgIpc) is 2.31. The van der Waals surface area contributed by atoms with Gasteiger partial charge in [-0.05, 0) is 13.5 Å². The second kappa shape index (κ2) is 3.48. The fourth-order valence-corrected chi connectivity index (χ4v) is 0.842. The van der Waals surface area contributed by atoms with Gasteiger partial charge in [-0.2, -0.15) is 0 Å². The molecule has 0 spiro atoms. The lowest BCUT2D eigenvalue weighted by Crippen LogP contribution is -2.15. The first-order valence-corrected chi connectivity index (χ1v) is 3.81. The van der Waals surface area contributed by atoms with E-state index in [2.05, 4.69) is 22.4 Å². The number of rotatable bonds is 3. The second-order valence-electron chi connectivity index (χ2n) is 2.50. The summed E-state index contributed by atoms with van der Waals surface area (Å²) in [6.07, 6.45) is 0. The molecule has 1 aromatic heterocycles. The summed E-state index contributed by atoms with van der Waals surface area (Å²) in [4.78, 5) is 0. The number of nitrogens with one attached hydrogen (secondary N) is 1. The van der Waals surface area contributed by atoms with Gasteiger partial charge in [0.2, 0.25) is 0 Å². The Hall–Kier alpha value is -0.900. The van der Waals surface area contributed by atoms with E-state index in [1.165, 1.54) is 0 Å². The summed E-state index contributed by atoms with van der Waals surface area (Å²) in [6, 6.07) is 0. The molecule has 0 radical (unpaired) electrons. The molecule has 1 heterocycles. The fourth-order valence-electron chi connectivity index (χ4n) is 0.842.